The first-order valence-corrected chi connectivity index (χ1v) is 9.76. The Hall–Kier alpha value is -3.12. The number of ether oxygens (including phenoxy) is 1. The summed E-state index contributed by atoms with van der Waals surface area (Å²) in [7, 11) is 1.72. The third-order valence-corrected chi connectivity index (χ3v) is 5.41. The van der Waals surface area contributed by atoms with Gasteiger partial charge in [0.15, 0.2) is 0 Å². The number of fused-ring (bicyclic) bond motifs is 2. The number of methoxy groups -OCH3 is 1. The van der Waals surface area contributed by atoms with Crippen LogP contribution < -0.4 is 5.73 Å². The quantitative estimate of drug-likeness (QED) is 0.503. The van der Waals surface area contributed by atoms with Crippen molar-refractivity contribution < 1.29 is 9.53 Å². The van der Waals surface area contributed by atoms with E-state index >= 15 is 0 Å². The Bertz CT molecular complexity index is 1170. The normalized spacial score (nSPS) is 12.1. The minimum absolute atomic E-state index is 0.275. The van der Waals surface area contributed by atoms with Crippen molar-refractivity contribution in [1.82, 2.24) is 14.8 Å². The second kappa shape index (κ2) is 7.37. The molecule has 0 spiro atoms. The summed E-state index contributed by atoms with van der Waals surface area (Å²) in [6, 6.07) is 14.6. The molecule has 0 aliphatic carbocycles. The Morgan fingerprint density at radius 1 is 1.24 bits per heavy atom. The first-order chi connectivity index (χ1) is 13.9. The average molecular weight is 390 g/mol. The second-order valence-corrected chi connectivity index (χ2v) is 8.11. The van der Waals surface area contributed by atoms with E-state index in [0.29, 0.717) is 19.4 Å². The summed E-state index contributed by atoms with van der Waals surface area (Å²) in [5, 5.41) is 9.39. The Labute approximate surface area is 169 Å². The molecule has 3 N–H and O–H groups in total. The molecular weight excluding hydrogens is 364 g/mol. The molecule has 0 saturated carbocycles. The Morgan fingerprint density at radius 2 is 2.00 bits per heavy atom. The Balaban J connectivity index is 2.11. The van der Waals surface area contributed by atoms with Gasteiger partial charge in [-0.25, -0.2) is 0 Å². The van der Waals surface area contributed by atoms with E-state index in [-0.39, 0.29) is 11.3 Å². The topological polar surface area (TPSA) is 85.9 Å². The molecule has 6 nitrogen and oxygen atoms in total. The van der Waals surface area contributed by atoms with Gasteiger partial charge >= 0.3 is 0 Å². The van der Waals surface area contributed by atoms with Gasteiger partial charge in [-0.2, -0.15) is 5.10 Å². The van der Waals surface area contributed by atoms with Crippen LogP contribution in [-0.4, -0.2) is 34.4 Å². The lowest BCUT2D eigenvalue weighted by atomic mass is 9.85. The van der Waals surface area contributed by atoms with Gasteiger partial charge in [0.05, 0.1) is 23.8 Å². The summed E-state index contributed by atoms with van der Waals surface area (Å²) >= 11 is 0. The van der Waals surface area contributed by atoms with Gasteiger partial charge in [0.1, 0.15) is 0 Å². The van der Waals surface area contributed by atoms with Crippen molar-refractivity contribution in [1.29, 1.82) is 0 Å². The zero-order chi connectivity index (χ0) is 20.6. The smallest absolute Gasteiger partial charge is 0.217 e. The third-order valence-electron chi connectivity index (χ3n) is 5.41. The number of rotatable bonds is 7. The molecule has 0 atom stereocenters. The summed E-state index contributed by atoms with van der Waals surface area (Å²) in [5.41, 5.74) is 10.6. The molecule has 4 aromatic rings. The van der Waals surface area contributed by atoms with Gasteiger partial charge in [0.25, 0.3) is 0 Å². The van der Waals surface area contributed by atoms with Crippen molar-refractivity contribution in [2.75, 3.05) is 13.7 Å². The van der Waals surface area contributed by atoms with Crippen LogP contribution in [0.4, 0.5) is 0 Å². The number of aromatic nitrogens is 3. The number of primary amides is 1. The number of carbonyl (C=O) groups excluding carboxylic acids is 1. The van der Waals surface area contributed by atoms with Crippen LogP contribution in [-0.2, 0) is 21.4 Å². The van der Waals surface area contributed by atoms with E-state index in [1.54, 1.807) is 7.11 Å². The number of aryl methyl sites for hydroxylation is 1. The number of H-pyrrole nitrogens is 1. The summed E-state index contributed by atoms with van der Waals surface area (Å²) in [6.45, 7) is 4.90. The zero-order valence-corrected chi connectivity index (χ0v) is 17.0. The van der Waals surface area contributed by atoms with E-state index in [9.17, 15) is 4.79 Å². The van der Waals surface area contributed by atoms with E-state index in [1.165, 1.54) is 0 Å². The van der Waals surface area contributed by atoms with Gasteiger partial charge in [-0.3, -0.25) is 9.89 Å². The summed E-state index contributed by atoms with van der Waals surface area (Å²) < 4.78 is 7.86. The fourth-order valence-corrected chi connectivity index (χ4v) is 4.28. The number of amides is 1. The SMILES string of the molecule is COCC(C)(C)c1c(CCC(N)=O)c2cc3[nH]ncc3cc2n1-c1ccccc1. The monoisotopic (exact) mass is 390 g/mol. The maximum Gasteiger partial charge on any atom is 0.217 e. The predicted molar refractivity (Wildman–Crippen MR) is 115 cm³/mol. The second-order valence-electron chi connectivity index (χ2n) is 8.11. The molecule has 0 fully saturated rings. The number of benzene rings is 2. The van der Waals surface area contributed by atoms with E-state index < -0.39 is 0 Å². The van der Waals surface area contributed by atoms with Gasteiger partial charge in [0, 0.05) is 41.1 Å². The predicted octanol–water partition coefficient (Wildman–Crippen LogP) is 3.85. The van der Waals surface area contributed by atoms with Crippen LogP contribution in [0.15, 0.2) is 48.7 Å². The molecule has 0 aliphatic heterocycles. The van der Waals surface area contributed by atoms with E-state index in [2.05, 4.69) is 52.9 Å². The summed E-state index contributed by atoms with van der Waals surface area (Å²) in [4.78, 5) is 11.6. The number of hydrogen-bond acceptors (Lipinski definition) is 3. The molecule has 1 amide bonds. The molecule has 0 aliphatic rings. The molecule has 0 radical (unpaired) electrons. The molecule has 6 heteroatoms. The van der Waals surface area contributed by atoms with Crippen LogP contribution in [0.3, 0.4) is 0 Å². The molecule has 150 valence electrons. The molecule has 2 heterocycles. The van der Waals surface area contributed by atoms with Crippen LogP contribution in [0, 0.1) is 0 Å². The highest BCUT2D eigenvalue weighted by molar-refractivity contribution is 5.99. The number of nitrogens with zero attached hydrogens (tertiary/aromatic N) is 2. The molecule has 0 saturated heterocycles. The first kappa shape index (κ1) is 19.2. The minimum Gasteiger partial charge on any atom is -0.384 e. The van der Waals surface area contributed by atoms with Gasteiger partial charge in [-0.05, 0) is 36.2 Å². The lowest BCUT2D eigenvalue weighted by Crippen LogP contribution is -2.28. The molecule has 0 unspecified atom stereocenters. The van der Waals surface area contributed by atoms with Gasteiger partial charge in [-0.15, -0.1) is 0 Å². The molecule has 0 bridgehead atoms. The first-order valence-electron chi connectivity index (χ1n) is 9.76. The standard InChI is InChI=1S/C23H26N4O2/c1-23(2,14-29-3)22-17(9-10-21(24)28)18-12-19-15(13-25-26-19)11-20(18)27(22)16-7-5-4-6-8-16/h4-8,11-13H,9-10,14H2,1-3H3,(H2,24,28)(H,25,26). The molecular formula is C23H26N4O2. The zero-order valence-electron chi connectivity index (χ0n) is 17.0. The van der Waals surface area contributed by atoms with E-state index in [1.807, 2.05) is 24.4 Å². The number of hydrogen-bond donors (Lipinski definition) is 2. The maximum absolute atomic E-state index is 11.6. The van der Waals surface area contributed by atoms with Gasteiger partial charge in [0.2, 0.25) is 5.91 Å². The Kier molecular flexibility index (Phi) is 4.88. The lowest BCUT2D eigenvalue weighted by molar-refractivity contribution is -0.117. The number of para-hydroxylation sites is 1. The van der Waals surface area contributed by atoms with Crippen LogP contribution >= 0.6 is 0 Å². The van der Waals surface area contributed by atoms with Gasteiger partial charge < -0.3 is 15.0 Å². The van der Waals surface area contributed by atoms with Crippen LogP contribution in [0.25, 0.3) is 27.5 Å². The molecule has 4 rings (SSSR count). The molecule has 2 aromatic heterocycles. The van der Waals surface area contributed by atoms with Crippen molar-refractivity contribution in [3.05, 3.63) is 59.9 Å². The largest absolute Gasteiger partial charge is 0.384 e. The molecule has 29 heavy (non-hydrogen) atoms. The number of nitrogens with two attached hydrogens (primary N) is 1. The van der Waals surface area contributed by atoms with Crippen molar-refractivity contribution >= 4 is 27.7 Å². The minimum atomic E-state index is -0.302. The number of nitrogens with one attached hydrogen (secondary N) is 1. The van der Waals surface area contributed by atoms with Crippen LogP contribution in [0.2, 0.25) is 0 Å². The number of aromatic amines is 1. The van der Waals surface area contributed by atoms with Crippen LogP contribution in [0.1, 0.15) is 31.5 Å². The summed E-state index contributed by atoms with van der Waals surface area (Å²) in [6.07, 6.45) is 2.71. The fourth-order valence-electron chi connectivity index (χ4n) is 4.28. The number of carbonyl (C=O) groups is 1. The average Bonchev–Trinajstić information content (AvgIpc) is 3.27. The van der Waals surface area contributed by atoms with Crippen molar-refractivity contribution in [2.24, 2.45) is 5.73 Å². The van der Waals surface area contributed by atoms with Crippen molar-refractivity contribution in [2.45, 2.75) is 32.1 Å². The van der Waals surface area contributed by atoms with E-state index in [4.69, 9.17) is 10.5 Å². The summed E-state index contributed by atoms with van der Waals surface area (Å²) in [5.74, 6) is -0.302. The fraction of sp³-hybridized carbons (Fsp3) is 0.304. The Morgan fingerprint density at radius 3 is 2.69 bits per heavy atom. The van der Waals surface area contributed by atoms with E-state index in [0.717, 1.165) is 38.8 Å². The van der Waals surface area contributed by atoms with Gasteiger partial charge in [-0.1, -0.05) is 32.0 Å². The highest BCUT2D eigenvalue weighted by Crippen LogP contribution is 2.39. The van der Waals surface area contributed by atoms with Crippen molar-refractivity contribution in [3.8, 4) is 5.69 Å². The third kappa shape index (κ3) is 3.40. The highest BCUT2D eigenvalue weighted by atomic mass is 16.5. The molecule has 2 aromatic carbocycles. The lowest BCUT2D eigenvalue weighted by Gasteiger charge is -2.28. The van der Waals surface area contributed by atoms with Crippen molar-refractivity contribution in [3.63, 3.8) is 0 Å². The van der Waals surface area contributed by atoms with Crippen LogP contribution in [0.5, 0.6) is 0 Å². The maximum atomic E-state index is 11.6. The highest BCUT2D eigenvalue weighted by Gasteiger charge is 2.31.